The lowest BCUT2D eigenvalue weighted by Gasteiger charge is -2.15. The zero-order chi connectivity index (χ0) is 12.8. The Morgan fingerprint density at radius 2 is 2.18 bits per heavy atom. The Hall–Kier alpha value is -2.11. The number of hydrogen-bond acceptors (Lipinski definition) is 4. The van der Waals surface area contributed by atoms with E-state index in [1.807, 2.05) is 6.92 Å². The summed E-state index contributed by atoms with van der Waals surface area (Å²) in [5, 5.41) is 17.8. The molecule has 0 saturated heterocycles. The topological polar surface area (TPSA) is 96.7 Å². The van der Waals surface area contributed by atoms with Crippen LogP contribution in [0, 0.1) is 0 Å². The van der Waals surface area contributed by atoms with E-state index in [-0.39, 0.29) is 11.4 Å². The van der Waals surface area contributed by atoms with E-state index >= 15 is 0 Å². The van der Waals surface area contributed by atoms with Gasteiger partial charge < -0.3 is 14.9 Å². The largest absolute Gasteiger partial charge is 0.479 e. The highest BCUT2D eigenvalue weighted by atomic mass is 16.5. The number of carboxylic acid groups (broad SMARTS) is 2. The monoisotopic (exact) mass is 239 g/mol. The summed E-state index contributed by atoms with van der Waals surface area (Å²) in [7, 11) is 0. The molecule has 0 saturated carbocycles. The first kappa shape index (κ1) is 13.0. The van der Waals surface area contributed by atoms with Crippen molar-refractivity contribution in [1.82, 2.24) is 4.98 Å². The molecule has 1 atom stereocenters. The highest BCUT2D eigenvalue weighted by Crippen LogP contribution is 2.18. The minimum atomic E-state index is -1.25. The molecular formula is C11H13NO5. The van der Waals surface area contributed by atoms with Crippen LogP contribution in [0.1, 0.15) is 30.3 Å². The number of rotatable bonds is 6. The molecular weight excluding hydrogens is 226 g/mol. The Morgan fingerprint density at radius 3 is 2.71 bits per heavy atom. The van der Waals surface area contributed by atoms with Gasteiger partial charge >= 0.3 is 11.9 Å². The molecule has 1 rings (SSSR count). The van der Waals surface area contributed by atoms with Crippen molar-refractivity contribution in [2.75, 3.05) is 0 Å². The van der Waals surface area contributed by atoms with E-state index in [0.29, 0.717) is 12.8 Å². The van der Waals surface area contributed by atoms with Crippen molar-refractivity contribution in [3.8, 4) is 5.75 Å². The van der Waals surface area contributed by atoms with E-state index in [1.165, 1.54) is 18.3 Å². The van der Waals surface area contributed by atoms with Crippen LogP contribution in [0.4, 0.5) is 0 Å². The smallest absolute Gasteiger partial charge is 0.358 e. The van der Waals surface area contributed by atoms with Gasteiger partial charge in [0, 0.05) is 6.20 Å². The van der Waals surface area contributed by atoms with Crippen molar-refractivity contribution >= 4 is 11.9 Å². The van der Waals surface area contributed by atoms with E-state index in [9.17, 15) is 9.59 Å². The van der Waals surface area contributed by atoms with Crippen LogP contribution in [0.3, 0.4) is 0 Å². The quantitative estimate of drug-likeness (QED) is 0.779. The fraction of sp³-hybridized carbons (Fsp3) is 0.364. The van der Waals surface area contributed by atoms with Crippen molar-refractivity contribution in [2.45, 2.75) is 25.9 Å². The number of aromatic carboxylic acids is 1. The first-order valence-corrected chi connectivity index (χ1v) is 5.14. The molecule has 1 aromatic rings. The van der Waals surface area contributed by atoms with Gasteiger partial charge in [0.15, 0.2) is 17.5 Å². The maximum absolute atomic E-state index is 10.9. The van der Waals surface area contributed by atoms with Crippen LogP contribution in [0.2, 0.25) is 0 Å². The summed E-state index contributed by atoms with van der Waals surface area (Å²) in [4.78, 5) is 25.4. The molecule has 0 spiro atoms. The second-order valence-electron chi connectivity index (χ2n) is 3.39. The fourth-order valence-corrected chi connectivity index (χ4v) is 1.29. The molecule has 0 bridgehead atoms. The molecule has 1 aromatic heterocycles. The van der Waals surface area contributed by atoms with Crippen LogP contribution in [0.15, 0.2) is 18.3 Å². The predicted molar refractivity (Wildman–Crippen MR) is 58.2 cm³/mol. The molecule has 0 aromatic carbocycles. The maximum Gasteiger partial charge on any atom is 0.358 e. The first-order chi connectivity index (χ1) is 8.06. The van der Waals surface area contributed by atoms with Crippen LogP contribution in [0.25, 0.3) is 0 Å². The number of nitrogens with zero attached hydrogens (tertiary/aromatic N) is 1. The Kier molecular flexibility index (Phi) is 4.45. The molecule has 0 amide bonds. The minimum absolute atomic E-state index is 0.0270. The molecule has 0 aliphatic rings. The number of ether oxygens (including phenoxy) is 1. The average molecular weight is 239 g/mol. The van der Waals surface area contributed by atoms with Crippen LogP contribution in [-0.2, 0) is 4.79 Å². The summed E-state index contributed by atoms with van der Waals surface area (Å²) in [5.41, 5.74) is -0.283. The van der Waals surface area contributed by atoms with Gasteiger partial charge in [-0.15, -0.1) is 0 Å². The molecule has 2 N–H and O–H groups in total. The van der Waals surface area contributed by atoms with Gasteiger partial charge in [0.25, 0.3) is 0 Å². The highest BCUT2D eigenvalue weighted by Gasteiger charge is 2.21. The van der Waals surface area contributed by atoms with Crippen molar-refractivity contribution in [1.29, 1.82) is 0 Å². The Labute approximate surface area is 97.9 Å². The van der Waals surface area contributed by atoms with E-state index < -0.39 is 18.0 Å². The summed E-state index contributed by atoms with van der Waals surface area (Å²) in [5.74, 6) is -2.39. The molecule has 1 heterocycles. The van der Waals surface area contributed by atoms with Gasteiger partial charge in [-0.05, 0) is 18.6 Å². The van der Waals surface area contributed by atoms with E-state index in [1.54, 1.807) is 0 Å². The highest BCUT2D eigenvalue weighted by molar-refractivity contribution is 5.88. The minimum Gasteiger partial charge on any atom is -0.479 e. The zero-order valence-corrected chi connectivity index (χ0v) is 9.29. The molecule has 6 heteroatoms. The summed E-state index contributed by atoms with van der Waals surface area (Å²) in [6.07, 6.45) is 1.19. The Balaban J connectivity index is 2.92. The molecule has 6 nitrogen and oxygen atoms in total. The number of pyridine rings is 1. The molecule has 0 radical (unpaired) electrons. The number of hydrogen-bond donors (Lipinski definition) is 2. The summed E-state index contributed by atoms with van der Waals surface area (Å²) in [6, 6.07) is 2.88. The molecule has 17 heavy (non-hydrogen) atoms. The Bertz CT molecular complexity index is 418. The first-order valence-electron chi connectivity index (χ1n) is 5.14. The third kappa shape index (κ3) is 3.44. The number of aromatic nitrogens is 1. The SMILES string of the molecule is CCCC(Oc1cccnc1C(=O)O)C(=O)O. The van der Waals surface area contributed by atoms with Crippen molar-refractivity contribution in [2.24, 2.45) is 0 Å². The van der Waals surface area contributed by atoms with Crippen molar-refractivity contribution < 1.29 is 24.5 Å². The zero-order valence-electron chi connectivity index (χ0n) is 9.29. The summed E-state index contributed by atoms with van der Waals surface area (Å²) >= 11 is 0. The third-order valence-electron chi connectivity index (χ3n) is 2.07. The van der Waals surface area contributed by atoms with Gasteiger partial charge in [-0.2, -0.15) is 0 Å². The van der Waals surface area contributed by atoms with Crippen LogP contribution in [0.5, 0.6) is 5.75 Å². The molecule has 0 aliphatic heterocycles. The summed E-state index contributed by atoms with van der Waals surface area (Å²) < 4.78 is 5.17. The average Bonchev–Trinajstić information content (AvgIpc) is 2.28. The maximum atomic E-state index is 10.9. The standard InChI is InChI=1S/C11H13NO5/c1-2-4-8(10(13)14)17-7-5-3-6-12-9(7)11(15)16/h3,5-6,8H,2,4H2,1H3,(H,13,14)(H,15,16). The molecule has 1 unspecified atom stereocenters. The van der Waals surface area contributed by atoms with E-state index in [4.69, 9.17) is 14.9 Å². The third-order valence-corrected chi connectivity index (χ3v) is 2.07. The van der Waals surface area contributed by atoms with Crippen LogP contribution >= 0.6 is 0 Å². The van der Waals surface area contributed by atoms with Gasteiger partial charge in [-0.3, -0.25) is 0 Å². The van der Waals surface area contributed by atoms with Crippen molar-refractivity contribution in [3.05, 3.63) is 24.0 Å². The van der Waals surface area contributed by atoms with Gasteiger partial charge in [0.1, 0.15) is 0 Å². The van der Waals surface area contributed by atoms with Crippen LogP contribution < -0.4 is 4.74 Å². The number of aliphatic carboxylic acids is 1. The molecule has 0 aliphatic carbocycles. The van der Waals surface area contributed by atoms with E-state index in [0.717, 1.165) is 0 Å². The Morgan fingerprint density at radius 1 is 1.47 bits per heavy atom. The lowest BCUT2D eigenvalue weighted by molar-refractivity contribution is -0.145. The molecule has 92 valence electrons. The fourth-order valence-electron chi connectivity index (χ4n) is 1.29. The second kappa shape index (κ2) is 5.83. The van der Waals surface area contributed by atoms with Gasteiger partial charge in [-0.1, -0.05) is 13.3 Å². The lowest BCUT2D eigenvalue weighted by Crippen LogP contribution is -2.27. The van der Waals surface area contributed by atoms with E-state index in [2.05, 4.69) is 4.98 Å². The normalized spacial score (nSPS) is 11.8. The number of carbonyl (C=O) groups is 2. The second-order valence-corrected chi connectivity index (χ2v) is 3.39. The predicted octanol–water partition coefficient (Wildman–Crippen LogP) is 1.41. The van der Waals surface area contributed by atoms with Gasteiger partial charge in [0.2, 0.25) is 0 Å². The number of carboxylic acids is 2. The van der Waals surface area contributed by atoms with Crippen LogP contribution in [-0.4, -0.2) is 33.2 Å². The van der Waals surface area contributed by atoms with Gasteiger partial charge in [-0.25, -0.2) is 14.6 Å². The van der Waals surface area contributed by atoms with Gasteiger partial charge in [0.05, 0.1) is 0 Å². The van der Waals surface area contributed by atoms with Crippen molar-refractivity contribution in [3.63, 3.8) is 0 Å². The summed E-state index contributed by atoms with van der Waals surface area (Å²) in [6.45, 7) is 1.82. The molecule has 0 fully saturated rings. The lowest BCUT2D eigenvalue weighted by atomic mass is 10.2.